The van der Waals surface area contributed by atoms with Gasteiger partial charge in [0.05, 0.1) is 19.6 Å². The average Bonchev–Trinajstić information content (AvgIpc) is 3.04. The van der Waals surface area contributed by atoms with E-state index in [9.17, 15) is 9.59 Å². The Bertz CT molecular complexity index is 1830. The molecule has 6 aromatic carbocycles. The fourth-order valence-electron chi connectivity index (χ4n) is 5.97. The molecule has 0 saturated carbocycles. The van der Waals surface area contributed by atoms with Gasteiger partial charge in [-0.25, -0.2) is 0 Å². The van der Waals surface area contributed by atoms with Crippen LogP contribution in [-0.4, -0.2) is 24.8 Å². The average molecular weight is 569 g/mol. The monoisotopic (exact) mass is 568 g/mol. The number of rotatable bonds is 12. The third-order valence-electron chi connectivity index (χ3n) is 8.07. The van der Waals surface area contributed by atoms with Gasteiger partial charge in [-0.05, 0) is 91.3 Å². The zero-order chi connectivity index (χ0) is 29.8. The molecule has 6 rings (SSSR count). The van der Waals surface area contributed by atoms with E-state index in [-0.39, 0.29) is 18.0 Å². The van der Waals surface area contributed by atoms with Gasteiger partial charge >= 0.3 is 0 Å². The summed E-state index contributed by atoms with van der Waals surface area (Å²) in [5.41, 5.74) is 3.28. The highest BCUT2D eigenvalue weighted by molar-refractivity contribution is 6.17. The molecular formula is C39H36O4. The maximum absolute atomic E-state index is 13.4. The maximum Gasteiger partial charge on any atom is 0.170 e. The van der Waals surface area contributed by atoms with Crippen molar-refractivity contribution in [1.29, 1.82) is 0 Å². The topological polar surface area (TPSA) is 52.6 Å². The van der Waals surface area contributed by atoms with Crippen LogP contribution in [0.1, 0.15) is 65.0 Å². The van der Waals surface area contributed by atoms with E-state index >= 15 is 0 Å². The Morgan fingerprint density at radius 2 is 0.930 bits per heavy atom. The fraction of sp³-hybridized carbons (Fsp3) is 0.231. The molecule has 0 fully saturated rings. The fourth-order valence-corrected chi connectivity index (χ4v) is 5.97. The van der Waals surface area contributed by atoms with Crippen molar-refractivity contribution in [2.75, 3.05) is 13.2 Å². The summed E-state index contributed by atoms with van der Waals surface area (Å²) in [5, 5.41) is 8.69. The van der Waals surface area contributed by atoms with Crippen LogP contribution >= 0.6 is 0 Å². The van der Waals surface area contributed by atoms with Crippen LogP contribution in [0.2, 0.25) is 0 Å². The number of carbonyl (C=O) groups is 2. The smallest absolute Gasteiger partial charge is 0.170 e. The normalized spacial score (nSPS) is 11.6. The minimum Gasteiger partial charge on any atom is -0.377 e. The molecule has 4 heteroatoms. The quantitative estimate of drug-likeness (QED) is 0.0638. The largest absolute Gasteiger partial charge is 0.377 e. The van der Waals surface area contributed by atoms with Crippen molar-refractivity contribution < 1.29 is 19.1 Å². The van der Waals surface area contributed by atoms with Crippen molar-refractivity contribution in [2.24, 2.45) is 0 Å². The molecule has 43 heavy (non-hydrogen) atoms. The van der Waals surface area contributed by atoms with E-state index in [0.29, 0.717) is 37.6 Å². The predicted octanol–water partition coefficient (Wildman–Crippen LogP) is 9.61. The highest BCUT2D eigenvalue weighted by Gasteiger charge is 2.17. The highest BCUT2D eigenvalue weighted by Crippen LogP contribution is 2.32. The number of ether oxygens (including phenoxy) is 2. The van der Waals surface area contributed by atoms with Crippen LogP contribution in [0, 0.1) is 0 Å². The molecule has 0 spiro atoms. The Morgan fingerprint density at radius 1 is 0.512 bits per heavy atom. The molecule has 0 atom stereocenters. The number of benzene rings is 6. The van der Waals surface area contributed by atoms with Gasteiger partial charge in [0.2, 0.25) is 0 Å². The van der Waals surface area contributed by atoms with Gasteiger partial charge in [-0.2, -0.15) is 0 Å². The minimum atomic E-state index is -0.184. The molecule has 0 bridgehead atoms. The van der Waals surface area contributed by atoms with Crippen LogP contribution in [0.4, 0.5) is 0 Å². The van der Waals surface area contributed by atoms with Gasteiger partial charge in [0, 0.05) is 24.3 Å². The first-order valence-corrected chi connectivity index (χ1v) is 15.2. The standard InChI is InChI=1S/C39H36O4/c1-3-17-42-24-30-21-28-19-26(13-15-34(28)36-11-7-5-9-32(30)36)38(40)23-39(41)27-14-16-35-29(20-27)22-31(25-43-18-4-2)33-10-6-8-12-37(33)35/h5-16,19-22H,3-4,17-18,23-25H2,1-2H3. The Balaban J connectivity index is 1.29. The first kappa shape index (κ1) is 28.7. The van der Waals surface area contributed by atoms with E-state index in [1.807, 2.05) is 60.7 Å². The van der Waals surface area contributed by atoms with E-state index in [2.05, 4.69) is 50.2 Å². The predicted molar refractivity (Wildman–Crippen MR) is 176 cm³/mol. The lowest BCUT2D eigenvalue weighted by Gasteiger charge is -2.13. The van der Waals surface area contributed by atoms with Crippen molar-refractivity contribution in [3.05, 3.63) is 119 Å². The Hall–Kier alpha value is -4.38. The number of Topliss-reactive ketones (excluding diaryl/α,β-unsaturated/α-hetero) is 2. The maximum atomic E-state index is 13.4. The number of carbonyl (C=O) groups excluding carboxylic acids is 2. The molecule has 4 nitrogen and oxygen atoms in total. The summed E-state index contributed by atoms with van der Waals surface area (Å²) >= 11 is 0. The van der Waals surface area contributed by atoms with Crippen LogP contribution < -0.4 is 0 Å². The van der Waals surface area contributed by atoms with Gasteiger partial charge in [0.25, 0.3) is 0 Å². The summed E-state index contributed by atoms with van der Waals surface area (Å²) in [5.74, 6) is -0.368. The van der Waals surface area contributed by atoms with Crippen LogP contribution in [0.25, 0.3) is 43.1 Å². The van der Waals surface area contributed by atoms with E-state index in [1.165, 1.54) is 0 Å². The van der Waals surface area contributed by atoms with E-state index in [4.69, 9.17) is 9.47 Å². The number of fused-ring (bicyclic) bond motifs is 6. The van der Waals surface area contributed by atoms with Gasteiger partial charge in [0.15, 0.2) is 11.6 Å². The molecule has 0 saturated heterocycles. The second-order valence-electron chi connectivity index (χ2n) is 11.2. The summed E-state index contributed by atoms with van der Waals surface area (Å²) in [6.45, 7) is 6.63. The van der Waals surface area contributed by atoms with Crippen molar-refractivity contribution in [2.45, 2.75) is 46.3 Å². The second-order valence-corrected chi connectivity index (χ2v) is 11.2. The zero-order valence-electron chi connectivity index (χ0n) is 24.8. The number of hydrogen-bond acceptors (Lipinski definition) is 4. The number of hydrogen-bond donors (Lipinski definition) is 0. The molecule has 0 N–H and O–H groups in total. The SMILES string of the molecule is CCCOCc1cc2cc(C(=O)CC(=O)c3ccc4c(c3)cc(COCCC)c3ccccc34)ccc2c2ccccc12. The zero-order valence-corrected chi connectivity index (χ0v) is 24.8. The molecular weight excluding hydrogens is 532 g/mol. The molecule has 0 aliphatic carbocycles. The van der Waals surface area contributed by atoms with Gasteiger partial charge in [-0.3, -0.25) is 9.59 Å². The van der Waals surface area contributed by atoms with Crippen molar-refractivity contribution in [3.8, 4) is 0 Å². The summed E-state index contributed by atoms with van der Waals surface area (Å²) in [7, 11) is 0. The van der Waals surface area contributed by atoms with Gasteiger partial charge < -0.3 is 9.47 Å². The summed E-state index contributed by atoms with van der Waals surface area (Å²) in [6, 6.07) is 32.3. The summed E-state index contributed by atoms with van der Waals surface area (Å²) in [4.78, 5) is 26.8. The third kappa shape index (κ3) is 5.94. The van der Waals surface area contributed by atoms with E-state index in [1.54, 1.807) is 0 Å². The lowest BCUT2D eigenvalue weighted by molar-refractivity contribution is 0.0894. The Kier molecular flexibility index (Phi) is 8.59. The Labute approximate surface area is 252 Å². The van der Waals surface area contributed by atoms with E-state index in [0.717, 1.165) is 67.1 Å². The van der Waals surface area contributed by atoms with Crippen molar-refractivity contribution >= 4 is 54.7 Å². The molecule has 216 valence electrons. The van der Waals surface area contributed by atoms with Gasteiger partial charge in [-0.1, -0.05) is 86.6 Å². The molecule has 0 aliphatic heterocycles. The molecule has 0 amide bonds. The lowest BCUT2D eigenvalue weighted by Crippen LogP contribution is -2.09. The lowest BCUT2D eigenvalue weighted by atomic mass is 9.93. The third-order valence-corrected chi connectivity index (χ3v) is 8.07. The minimum absolute atomic E-state index is 0.183. The second kappa shape index (κ2) is 12.9. The van der Waals surface area contributed by atoms with Crippen LogP contribution in [0.3, 0.4) is 0 Å². The van der Waals surface area contributed by atoms with Crippen LogP contribution in [0.5, 0.6) is 0 Å². The summed E-state index contributed by atoms with van der Waals surface area (Å²) in [6.07, 6.45) is 1.73. The van der Waals surface area contributed by atoms with Crippen LogP contribution in [0.15, 0.2) is 97.1 Å². The van der Waals surface area contributed by atoms with Gasteiger partial charge in [0.1, 0.15) is 0 Å². The molecule has 0 aliphatic rings. The van der Waals surface area contributed by atoms with Gasteiger partial charge in [-0.15, -0.1) is 0 Å². The molecule has 6 aromatic rings. The number of ketones is 2. The molecule has 0 radical (unpaired) electrons. The first-order valence-electron chi connectivity index (χ1n) is 15.2. The van der Waals surface area contributed by atoms with Crippen molar-refractivity contribution in [1.82, 2.24) is 0 Å². The molecule has 0 unspecified atom stereocenters. The Morgan fingerprint density at radius 3 is 1.35 bits per heavy atom. The van der Waals surface area contributed by atoms with Crippen molar-refractivity contribution in [3.63, 3.8) is 0 Å². The highest BCUT2D eigenvalue weighted by atomic mass is 16.5. The first-order chi connectivity index (χ1) is 21.1. The van der Waals surface area contributed by atoms with Crippen LogP contribution in [-0.2, 0) is 22.7 Å². The van der Waals surface area contributed by atoms with E-state index < -0.39 is 0 Å². The molecule has 0 heterocycles. The molecule has 0 aromatic heterocycles. The summed E-state index contributed by atoms with van der Waals surface area (Å²) < 4.78 is 11.7.